The number of nitrogens with one attached hydrogen (secondary N) is 2. The predicted molar refractivity (Wildman–Crippen MR) is 110 cm³/mol. The smallest absolute Gasteiger partial charge is 0.319 e. The Bertz CT molecular complexity index is 761. The van der Waals surface area contributed by atoms with Gasteiger partial charge in [0.25, 0.3) is 0 Å². The van der Waals surface area contributed by atoms with E-state index in [9.17, 15) is 4.79 Å². The quantitative estimate of drug-likeness (QED) is 0.816. The maximum Gasteiger partial charge on any atom is 0.319 e. The van der Waals surface area contributed by atoms with Gasteiger partial charge in [0.2, 0.25) is 0 Å². The number of morpholine rings is 1. The van der Waals surface area contributed by atoms with Gasteiger partial charge in [-0.2, -0.15) is 0 Å². The van der Waals surface area contributed by atoms with Gasteiger partial charge in [-0.25, -0.2) is 4.79 Å². The average Bonchev–Trinajstić information content (AvgIpc) is 2.95. The van der Waals surface area contributed by atoms with Crippen molar-refractivity contribution in [2.75, 3.05) is 31.5 Å². The number of ether oxygens (including phenoxy) is 1. The van der Waals surface area contributed by atoms with Crippen molar-refractivity contribution < 1.29 is 9.53 Å². The molecule has 1 aliphatic heterocycles. The fraction of sp³-hybridized carbons (Fsp3) is 0.571. The van der Waals surface area contributed by atoms with E-state index in [1.165, 1.54) is 5.52 Å². The number of carbonyl (C=O) groups is 1. The molecule has 0 bridgehead atoms. The highest BCUT2D eigenvalue weighted by atomic mass is 16.5. The maximum atomic E-state index is 12.2. The number of aromatic nitrogens is 1. The molecule has 2 aromatic rings. The third-order valence-electron chi connectivity index (χ3n) is 4.80. The van der Waals surface area contributed by atoms with Gasteiger partial charge in [0.05, 0.1) is 12.2 Å². The summed E-state index contributed by atoms with van der Waals surface area (Å²) in [7, 11) is 0. The molecule has 3 rings (SSSR count). The van der Waals surface area contributed by atoms with Crippen LogP contribution in [0.25, 0.3) is 10.9 Å². The van der Waals surface area contributed by atoms with Crippen LogP contribution < -0.4 is 10.6 Å². The summed E-state index contributed by atoms with van der Waals surface area (Å²) in [5.74, 6) is 0.599. The van der Waals surface area contributed by atoms with Gasteiger partial charge in [0.15, 0.2) is 0 Å². The zero-order chi connectivity index (χ0) is 19.4. The first kappa shape index (κ1) is 19.7. The first-order valence-electron chi connectivity index (χ1n) is 9.92. The minimum absolute atomic E-state index is 0.162. The molecule has 6 nitrogen and oxygen atoms in total. The van der Waals surface area contributed by atoms with E-state index in [4.69, 9.17) is 4.74 Å². The Morgan fingerprint density at radius 1 is 1.22 bits per heavy atom. The molecule has 148 valence electrons. The standard InChI is InChI=1S/C21H32N4O2/c1-15(2)12-25-9-7-18-11-19(5-6-20(18)25)23-21(26)22-8-10-24-13-16(3)27-17(4)14-24/h5-7,9,11,15-17H,8,10,12-14H2,1-4H3,(H2,22,23,26). The highest BCUT2D eigenvalue weighted by Gasteiger charge is 2.21. The zero-order valence-electron chi connectivity index (χ0n) is 16.9. The van der Waals surface area contributed by atoms with Crippen molar-refractivity contribution in [2.24, 2.45) is 5.92 Å². The molecular weight excluding hydrogens is 340 g/mol. The predicted octanol–water partition coefficient (Wildman–Crippen LogP) is 3.53. The Kier molecular flexibility index (Phi) is 6.39. The average molecular weight is 373 g/mol. The molecule has 1 aromatic carbocycles. The number of benzene rings is 1. The number of hydrogen-bond donors (Lipinski definition) is 2. The lowest BCUT2D eigenvalue weighted by molar-refractivity contribution is -0.0672. The van der Waals surface area contributed by atoms with Crippen molar-refractivity contribution in [3.05, 3.63) is 30.5 Å². The zero-order valence-corrected chi connectivity index (χ0v) is 16.9. The van der Waals surface area contributed by atoms with Crippen molar-refractivity contribution in [3.8, 4) is 0 Å². The van der Waals surface area contributed by atoms with Crippen LogP contribution in [0.1, 0.15) is 27.7 Å². The fourth-order valence-electron chi connectivity index (χ4n) is 3.80. The van der Waals surface area contributed by atoms with Crippen LogP contribution in [0.3, 0.4) is 0 Å². The van der Waals surface area contributed by atoms with Crippen molar-refractivity contribution in [1.82, 2.24) is 14.8 Å². The van der Waals surface area contributed by atoms with Crippen LogP contribution in [-0.2, 0) is 11.3 Å². The van der Waals surface area contributed by atoms with Crippen LogP contribution >= 0.6 is 0 Å². The Hall–Kier alpha value is -2.05. The lowest BCUT2D eigenvalue weighted by Gasteiger charge is -2.35. The fourth-order valence-corrected chi connectivity index (χ4v) is 3.80. The maximum absolute atomic E-state index is 12.2. The Balaban J connectivity index is 1.49. The number of rotatable bonds is 6. The number of anilines is 1. The first-order valence-corrected chi connectivity index (χ1v) is 9.92. The third kappa shape index (κ3) is 5.47. The largest absolute Gasteiger partial charge is 0.373 e. The van der Waals surface area contributed by atoms with E-state index in [0.717, 1.165) is 37.3 Å². The van der Waals surface area contributed by atoms with E-state index in [1.54, 1.807) is 0 Å². The normalized spacial score (nSPS) is 20.9. The van der Waals surface area contributed by atoms with Crippen molar-refractivity contribution in [3.63, 3.8) is 0 Å². The van der Waals surface area contributed by atoms with Crippen molar-refractivity contribution >= 4 is 22.6 Å². The summed E-state index contributed by atoms with van der Waals surface area (Å²) in [6.07, 6.45) is 2.60. The Morgan fingerprint density at radius 2 is 1.96 bits per heavy atom. The van der Waals surface area contributed by atoms with Crippen molar-refractivity contribution in [2.45, 2.75) is 46.4 Å². The van der Waals surface area contributed by atoms with Crippen LogP contribution in [0.4, 0.5) is 10.5 Å². The van der Waals surface area contributed by atoms with Gasteiger partial charge in [-0.1, -0.05) is 13.8 Å². The molecule has 1 aliphatic rings. The van der Waals surface area contributed by atoms with Crippen LogP contribution in [0.15, 0.2) is 30.5 Å². The molecular formula is C21H32N4O2. The molecule has 2 atom stereocenters. The molecule has 2 N–H and O–H groups in total. The highest BCUT2D eigenvalue weighted by Crippen LogP contribution is 2.21. The number of hydrogen-bond acceptors (Lipinski definition) is 3. The van der Waals surface area contributed by atoms with E-state index in [1.807, 2.05) is 12.1 Å². The molecule has 1 fully saturated rings. The van der Waals surface area contributed by atoms with Gasteiger partial charge in [-0.3, -0.25) is 4.90 Å². The van der Waals surface area contributed by atoms with E-state index in [0.29, 0.717) is 12.5 Å². The molecule has 0 saturated carbocycles. The summed E-state index contributed by atoms with van der Waals surface area (Å²) in [6, 6.07) is 8.00. The van der Waals surface area contributed by atoms with Crippen LogP contribution in [0, 0.1) is 5.92 Å². The number of urea groups is 1. The van der Waals surface area contributed by atoms with Gasteiger partial charge < -0.3 is 19.9 Å². The molecule has 0 spiro atoms. The lowest BCUT2D eigenvalue weighted by atomic mass is 10.2. The SMILES string of the molecule is CC(C)Cn1ccc2cc(NC(=O)NCCN3CC(C)OC(C)C3)ccc21. The second kappa shape index (κ2) is 8.76. The number of nitrogens with zero attached hydrogens (tertiary/aromatic N) is 2. The molecule has 2 unspecified atom stereocenters. The minimum atomic E-state index is -0.162. The molecule has 2 heterocycles. The second-order valence-corrected chi connectivity index (χ2v) is 8.03. The van der Waals surface area contributed by atoms with E-state index >= 15 is 0 Å². The summed E-state index contributed by atoms with van der Waals surface area (Å²) < 4.78 is 8.00. The number of fused-ring (bicyclic) bond motifs is 1. The summed E-state index contributed by atoms with van der Waals surface area (Å²) in [5.41, 5.74) is 2.01. The molecule has 27 heavy (non-hydrogen) atoms. The topological polar surface area (TPSA) is 58.5 Å². The first-order chi connectivity index (χ1) is 12.9. The van der Waals surface area contributed by atoms with E-state index in [-0.39, 0.29) is 18.2 Å². The van der Waals surface area contributed by atoms with E-state index < -0.39 is 0 Å². The van der Waals surface area contributed by atoms with Crippen molar-refractivity contribution in [1.29, 1.82) is 0 Å². The van der Waals surface area contributed by atoms with Crippen LogP contribution in [0.2, 0.25) is 0 Å². The second-order valence-electron chi connectivity index (χ2n) is 8.03. The molecule has 6 heteroatoms. The van der Waals surface area contributed by atoms with Gasteiger partial charge in [-0.15, -0.1) is 0 Å². The Labute approximate surface area is 161 Å². The lowest BCUT2D eigenvalue weighted by Crippen LogP contribution is -2.48. The van der Waals surface area contributed by atoms with Gasteiger partial charge in [-0.05, 0) is 44.0 Å². The Morgan fingerprint density at radius 3 is 2.67 bits per heavy atom. The van der Waals surface area contributed by atoms with Gasteiger partial charge in [0.1, 0.15) is 0 Å². The molecule has 0 radical (unpaired) electrons. The molecule has 1 aromatic heterocycles. The van der Waals surface area contributed by atoms with E-state index in [2.05, 4.69) is 66.1 Å². The summed E-state index contributed by atoms with van der Waals surface area (Å²) >= 11 is 0. The minimum Gasteiger partial charge on any atom is -0.373 e. The molecule has 1 saturated heterocycles. The van der Waals surface area contributed by atoms with Crippen LogP contribution in [-0.4, -0.2) is 53.9 Å². The van der Waals surface area contributed by atoms with Gasteiger partial charge in [0, 0.05) is 55.5 Å². The number of carbonyl (C=O) groups excluding carboxylic acids is 1. The number of amides is 2. The van der Waals surface area contributed by atoms with Crippen LogP contribution in [0.5, 0.6) is 0 Å². The summed E-state index contributed by atoms with van der Waals surface area (Å²) in [4.78, 5) is 14.5. The highest BCUT2D eigenvalue weighted by molar-refractivity contribution is 5.92. The van der Waals surface area contributed by atoms with Gasteiger partial charge >= 0.3 is 6.03 Å². The molecule has 0 aliphatic carbocycles. The summed E-state index contributed by atoms with van der Waals surface area (Å²) in [5, 5.41) is 7.03. The summed E-state index contributed by atoms with van der Waals surface area (Å²) in [6.45, 7) is 12.9. The molecule has 2 amide bonds. The monoisotopic (exact) mass is 372 g/mol. The third-order valence-corrected chi connectivity index (χ3v) is 4.80.